The van der Waals surface area contributed by atoms with Crippen LogP contribution < -0.4 is 0 Å². The molecule has 13 heavy (non-hydrogen) atoms. The fourth-order valence-corrected chi connectivity index (χ4v) is 3.14. The minimum absolute atomic E-state index is 0.182. The first kappa shape index (κ1) is 6.98. The van der Waals surface area contributed by atoms with Crippen molar-refractivity contribution in [3.05, 3.63) is 12.2 Å². The average molecular weight is 180 g/mol. The zero-order valence-corrected chi connectivity index (χ0v) is 7.27. The van der Waals surface area contributed by atoms with E-state index in [1.165, 1.54) is 0 Å². The van der Waals surface area contributed by atoms with Crippen molar-refractivity contribution in [3.8, 4) is 0 Å². The van der Waals surface area contributed by atoms with E-state index in [1.54, 1.807) is 0 Å². The maximum Gasteiger partial charge on any atom is 0.130 e. The second-order valence-corrected chi connectivity index (χ2v) is 4.68. The van der Waals surface area contributed by atoms with Gasteiger partial charge in [0.25, 0.3) is 0 Å². The maximum absolute atomic E-state index is 10.4. The molecule has 0 radical (unpaired) electrons. The first-order valence-electron chi connectivity index (χ1n) is 4.96. The summed E-state index contributed by atoms with van der Waals surface area (Å²) in [5, 5.41) is 10.4. The lowest BCUT2D eigenvalue weighted by Crippen LogP contribution is -2.52. The van der Waals surface area contributed by atoms with E-state index in [1.807, 2.05) is 0 Å². The van der Waals surface area contributed by atoms with E-state index < -0.39 is 5.60 Å². The van der Waals surface area contributed by atoms with Crippen molar-refractivity contribution in [2.45, 2.75) is 48.8 Å². The summed E-state index contributed by atoms with van der Waals surface area (Å²) in [6, 6.07) is 0. The quantitative estimate of drug-likeness (QED) is 0.433. The maximum atomic E-state index is 10.4. The summed E-state index contributed by atoms with van der Waals surface area (Å²) in [6.45, 7) is 0. The van der Waals surface area contributed by atoms with Crippen LogP contribution in [0.1, 0.15) is 19.3 Å². The number of ether oxygens (including phenoxy) is 2. The molecule has 5 atom stereocenters. The summed E-state index contributed by atoms with van der Waals surface area (Å²) in [4.78, 5) is 0. The fraction of sp³-hybridized carbons (Fsp3) is 0.800. The molecule has 3 heteroatoms. The Labute approximate surface area is 76.3 Å². The van der Waals surface area contributed by atoms with Crippen LogP contribution in [0.25, 0.3) is 0 Å². The molecule has 70 valence electrons. The highest BCUT2D eigenvalue weighted by molar-refractivity contribution is 5.31. The van der Waals surface area contributed by atoms with Gasteiger partial charge in [-0.2, -0.15) is 0 Å². The van der Waals surface area contributed by atoms with Gasteiger partial charge in [-0.15, -0.1) is 0 Å². The van der Waals surface area contributed by atoms with Crippen LogP contribution in [0.2, 0.25) is 0 Å². The normalized spacial score (nSPS) is 66.4. The molecule has 0 bridgehead atoms. The standard InChI is InChI=1S/C10H12O3/c11-9-3-1-2-4-10(9)8(13-10)7-6(5-9)12-7/h1-2,6-8,11H,3-5H2/t6-,7-,8-,9-,10-/m1/s1. The number of fused-ring (bicyclic) bond motifs is 2. The van der Waals surface area contributed by atoms with E-state index >= 15 is 0 Å². The van der Waals surface area contributed by atoms with E-state index in [4.69, 9.17) is 9.47 Å². The lowest BCUT2D eigenvalue weighted by molar-refractivity contribution is -0.0512. The Morgan fingerprint density at radius 1 is 1.31 bits per heavy atom. The van der Waals surface area contributed by atoms with E-state index in [0.29, 0.717) is 6.10 Å². The van der Waals surface area contributed by atoms with Crippen molar-refractivity contribution in [1.29, 1.82) is 0 Å². The van der Waals surface area contributed by atoms with Crippen LogP contribution in [-0.2, 0) is 9.47 Å². The Morgan fingerprint density at radius 3 is 3.08 bits per heavy atom. The molecule has 0 unspecified atom stereocenters. The highest BCUT2D eigenvalue weighted by atomic mass is 16.7. The van der Waals surface area contributed by atoms with Crippen molar-refractivity contribution in [1.82, 2.24) is 0 Å². The summed E-state index contributed by atoms with van der Waals surface area (Å²) >= 11 is 0. The van der Waals surface area contributed by atoms with Gasteiger partial charge in [-0.25, -0.2) is 0 Å². The molecule has 1 N–H and O–H groups in total. The van der Waals surface area contributed by atoms with E-state index in [2.05, 4.69) is 12.2 Å². The molecule has 2 aliphatic heterocycles. The van der Waals surface area contributed by atoms with Crippen LogP contribution in [-0.4, -0.2) is 34.6 Å². The summed E-state index contributed by atoms with van der Waals surface area (Å²) in [5.41, 5.74) is -0.899. The van der Waals surface area contributed by atoms with Crippen molar-refractivity contribution < 1.29 is 14.6 Å². The van der Waals surface area contributed by atoms with E-state index in [0.717, 1.165) is 19.3 Å². The van der Waals surface area contributed by atoms with E-state index in [9.17, 15) is 5.11 Å². The molecule has 3 nitrogen and oxygen atoms in total. The molecule has 3 fully saturated rings. The average Bonchev–Trinajstić information content (AvgIpc) is 2.89. The number of hydrogen-bond donors (Lipinski definition) is 1. The van der Waals surface area contributed by atoms with Gasteiger partial charge in [0.2, 0.25) is 0 Å². The van der Waals surface area contributed by atoms with Crippen LogP contribution in [0.5, 0.6) is 0 Å². The van der Waals surface area contributed by atoms with Crippen molar-refractivity contribution in [3.63, 3.8) is 0 Å². The topological polar surface area (TPSA) is 45.3 Å². The molecule has 0 amide bonds. The van der Waals surface area contributed by atoms with Gasteiger partial charge in [0.15, 0.2) is 0 Å². The van der Waals surface area contributed by atoms with Gasteiger partial charge >= 0.3 is 0 Å². The Balaban J connectivity index is 1.81. The fourth-order valence-electron chi connectivity index (χ4n) is 3.14. The zero-order chi connectivity index (χ0) is 8.68. The van der Waals surface area contributed by atoms with Gasteiger partial charge in [-0.1, -0.05) is 12.2 Å². The molecule has 0 aromatic rings. The Kier molecular flexibility index (Phi) is 0.923. The van der Waals surface area contributed by atoms with Crippen molar-refractivity contribution >= 4 is 0 Å². The van der Waals surface area contributed by atoms with Crippen LogP contribution in [0.3, 0.4) is 0 Å². The predicted octanol–water partition coefficient (Wildman–Crippen LogP) is 0.376. The van der Waals surface area contributed by atoms with Gasteiger partial charge in [0, 0.05) is 6.42 Å². The molecule has 4 rings (SSSR count). The van der Waals surface area contributed by atoms with Crippen LogP contribution >= 0.6 is 0 Å². The summed E-state index contributed by atoms with van der Waals surface area (Å²) in [7, 11) is 0. The molecular weight excluding hydrogens is 168 g/mol. The number of hydrogen-bond acceptors (Lipinski definition) is 3. The van der Waals surface area contributed by atoms with Crippen LogP contribution in [0.4, 0.5) is 0 Å². The third-order valence-electron chi connectivity index (χ3n) is 4.03. The third-order valence-corrected chi connectivity index (χ3v) is 4.03. The summed E-state index contributed by atoms with van der Waals surface area (Å²) in [6.07, 6.45) is 7.30. The van der Waals surface area contributed by atoms with E-state index in [-0.39, 0.29) is 17.8 Å². The van der Waals surface area contributed by atoms with Gasteiger partial charge < -0.3 is 14.6 Å². The van der Waals surface area contributed by atoms with Crippen LogP contribution in [0, 0.1) is 0 Å². The van der Waals surface area contributed by atoms with Gasteiger partial charge in [0.05, 0.1) is 6.10 Å². The summed E-state index contributed by atoms with van der Waals surface area (Å²) in [5.74, 6) is 0. The van der Waals surface area contributed by atoms with Crippen molar-refractivity contribution in [2.75, 3.05) is 0 Å². The Hall–Kier alpha value is -0.380. The predicted molar refractivity (Wildman–Crippen MR) is 44.2 cm³/mol. The largest absolute Gasteiger partial charge is 0.386 e. The van der Waals surface area contributed by atoms with Crippen molar-refractivity contribution in [2.24, 2.45) is 0 Å². The molecule has 0 aromatic heterocycles. The molecule has 0 aromatic carbocycles. The molecule has 2 saturated heterocycles. The minimum atomic E-state index is -0.635. The smallest absolute Gasteiger partial charge is 0.130 e. The minimum Gasteiger partial charge on any atom is -0.386 e. The SMILES string of the molecule is O[C@@]12CC=CC[C@]13O[C@@H]3[C@@H]1O[C@@H]1C2. The molecule has 1 spiro atoms. The monoisotopic (exact) mass is 180 g/mol. The Morgan fingerprint density at radius 2 is 2.15 bits per heavy atom. The number of aliphatic hydroxyl groups is 1. The van der Waals surface area contributed by atoms with Gasteiger partial charge in [0.1, 0.15) is 23.4 Å². The lowest BCUT2D eigenvalue weighted by Gasteiger charge is -2.37. The first-order chi connectivity index (χ1) is 6.25. The molecular formula is C10H12O3. The molecule has 2 heterocycles. The second-order valence-electron chi connectivity index (χ2n) is 4.68. The lowest BCUT2D eigenvalue weighted by atomic mass is 9.69. The second kappa shape index (κ2) is 1.72. The van der Waals surface area contributed by atoms with Gasteiger partial charge in [-0.3, -0.25) is 0 Å². The van der Waals surface area contributed by atoms with Gasteiger partial charge in [-0.05, 0) is 12.8 Å². The highest BCUT2D eigenvalue weighted by Gasteiger charge is 2.79. The summed E-state index contributed by atoms with van der Waals surface area (Å²) < 4.78 is 11.2. The number of rotatable bonds is 0. The highest BCUT2D eigenvalue weighted by Crippen LogP contribution is 2.63. The van der Waals surface area contributed by atoms with Crippen LogP contribution in [0.15, 0.2) is 12.2 Å². The zero-order valence-electron chi connectivity index (χ0n) is 7.27. The molecule has 2 aliphatic carbocycles. The Bertz CT molecular complexity index is 305. The first-order valence-corrected chi connectivity index (χ1v) is 4.96. The molecule has 4 aliphatic rings. The number of epoxide rings is 2. The third kappa shape index (κ3) is 0.621. The molecule has 1 saturated carbocycles.